The molecule has 0 radical (unpaired) electrons. The monoisotopic (exact) mass is 880 g/mol. The zero-order valence-corrected chi connectivity index (χ0v) is 38.4. The van der Waals surface area contributed by atoms with Gasteiger partial charge in [0, 0.05) is 78.9 Å². The first kappa shape index (κ1) is 45.8. The molecule has 2 N–H and O–H groups in total. The van der Waals surface area contributed by atoms with Crippen molar-refractivity contribution in [2.75, 3.05) is 40.0 Å². The molecule has 16 heteroatoms. The van der Waals surface area contributed by atoms with Gasteiger partial charge in [0.2, 0.25) is 11.8 Å². The van der Waals surface area contributed by atoms with Crippen LogP contribution in [0, 0.1) is 40.4 Å². The van der Waals surface area contributed by atoms with E-state index < -0.39 is 53.2 Å². The molecule has 0 spiro atoms. The Hall–Kier alpha value is -5.21. The highest BCUT2D eigenvalue weighted by Gasteiger charge is 2.59. The summed E-state index contributed by atoms with van der Waals surface area (Å²) in [5.41, 5.74) is 8.70. The lowest BCUT2D eigenvalue weighted by atomic mass is 9.84. The number of nitrogens with zero attached hydrogens (tertiary/aromatic N) is 6. The van der Waals surface area contributed by atoms with Gasteiger partial charge < -0.3 is 29.0 Å². The number of carbonyl (C=O) groups excluding carboxylic acids is 4. The maximum atomic E-state index is 14.8. The molecule has 63 heavy (non-hydrogen) atoms. The molecule has 7 atom stereocenters. The van der Waals surface area contributed by atoms with E-state index in [0.717, 1.165) is 39.0 Å². The Morgan fingerprint density at radius 2 is 2.00 bits per heavy atom. The molecule has 7 rings (SSSR count). The van der Waals surface area contributed by atoms with Crippen molar-refractivity contribution in [1.29, 1.82) is 5.26 Å². The third kappa shape index (κ3) is 8.98. The number of rotatable bonds is 11. The summed E-state index contributed by atoms with van der Waals surface area (Å²) in [7, 11) is 1.66. The number of methoxy groups -OCH3 is 1. The van der Waals surface area contributed by atoms with E-state index >= 15 is 0 Å². The van der Waals surface area contributed by atoms with Gasteiger partial charge in [0.15, 0.2) is 0 Å². The Kier molecular flexibility index (Phi) is 13.7. The van der Waals surface area contributed by atoms with Crippen LogP contribution in [0.3, 0.4) is 0 Å². The normalized spacial score (nSPS) is 26.0. The van der Waals surface area contributed by atoms with Gasteiger partial charge in [0.1, 0.15) is 23.2 Å². The standard InChI is InChI=1S/C47H60N8O7S/c1-10-30(38(49-11-2)27(6)60-9)40-32-20-47(7,8)25-62-46(59)33-15-14-18-55(52-33)45(58)39(51-42(56)36-26(5)37(36)44(57)53-22-28(21-48)23-53)41(61-13-4)43-50-34(24-63-43)29-16-17-35(31(32)19-29)54(40)12-3/h10-11,16-17,19,24,26-28,33,36-37,39,41,52H,1,12-15,18,20,22-23,25H2,2-9H3,(H,51,56)/b38-30+,49-11?/t26-,27+,33+,36-,37-,39+,41+/m1/s1. The summed E-state index contributed by atoms with van der Waals surface area (Å²) >= 11 is 1.33. The summed E-state index contributed by atoms with van der Waals surface area (Å²) < 4.78 is 20.5. The summed E-state index contributed by atoms with van der Waals surface area (Å²) in [6.45, 7) is 20.0. The van der Waals surface area contributed by atoms with Crippen LogP contribution >= 0.6 is 11.3 Å². The number of nitrogens with one attached hydrogen (secondary N) is 2. The molecule has 3 aromatic rings. The first-order chi connectivity index (χ1) is 30.2. The second-order valence-corrected chi connectivity index (χ2v) is 18.6. The van der Waals surface area contributed by atoms with Gasteiger partial charge in [0.25, 0.3) is 5.91 Å². The minimum atomic E-state index is -1.25. The Labute approximate surface area is 373 Å². The third-order valence-corrected chi connectivity index (χ3v) is 13.7. The summed E-state index contributed by atoms with van der Waals surface area (Å²) in [5, 5.41) is 17.1. The molecule has 15 nitrogen and oxygen atoms in total. The van der Waals surface area contributed by atoms with Gasteiger partial charge in [-0.1, -0.05) is 39.5 Å². The first-order valence-corrected chi connectivity index (χ1v) is 22.9. The number of hydrogen-bond donors (Lipinski definition) is 2. The van der Waals surface area contributed by atoms with Gasteiger partial charge in [-0.3, -0.25) is 29.2 Å². The van der Waals surface area contributed by atoms with Crippen molar-refractivity contribution in [3.05, 3.63) is 58.2 Å². The Morgan fingerprint density at radius 1 is 1.24 bits per heavy atom. The predicted octanol–water partition coefficient (Wildman–Crippen LogP) is 5.85. The number of hydrazine groups is 1. The molecule has 4 aliphatic rings. The fourth-order valence-corrected chi connectivity index (χ4v) is 10.2. The topological polar surface area (TPSA) is 180 Å². The van der Waals surface area contributed by atoms with Crippen LogP contribution in [-0.4, -0.2) is 108 Å². The van der Waals surface area contributed by atoms with Crippen LogP contribution in [0.5, 0.6) is 0 Å². The smallest absolute Gasteiger partial charge is 0.324 e. The number of carbonyl (C=O) groups is 4. The number of hydrogen-bond acceptors (Lipinski definition) is 12. The van der Waals surface area contributed by atoms with Gasteiger partial charge >= 0.3 is 5.97 Å². The van der Waals surface area contributed by atoms with E-state index in [1.165, 1.54) is 16.3 Å². The Morgan fingerprint density at radius 3 is 2.67 bits per heavy atom. The summed E-state index contributed by atoms with van der Waals surface area (Å²) in [6, 6.07) is 6.39. The highest BCUT2D eigenvalue weighted by atomic mass is 32.1. The molecular formula is C47H60N8O7S. The molecule has 3 fully saturated rings. The molecule has 1 saturated carbocycles. The van der Waals surface area contributed by atoms with Crippen molar-refractivity contribution >= 4 is 57.7 Å². The fourth-order valence-electron chi connectivity index (χ4n) is 9.30. The number of benzene rings is 1. The molecule has 3 amide bonds. The summed E-state index contributed by atoms with van der Waals surface area (Å²) in [4.78, 5) is 67.8. The number of aromatic nitrogens is 2. The molecule has 6 bridgehead atoms. The SMILES string of the molecule is C=C/C(=C(\N=CC)[C@H](C)OC)c1c2c3cc(ccc3n1CC)-c1csc(n1)[C@@H](OCC)[C@H](NC(=O)[C@@H]1[C@@H](C)[C@H]1C(=O)N1CC(C#N)C1)C(=O)N1CCC[C@H](N1)C(=O)OCC(C)(C)C2. The molecule has 0 unspecified atom stereocenters. The highest BCUT2D eigenvalue weighted by Crippen LogP contribution is 2.48. The van der Waals surface area contributed by atoms with Crippen molar-refractivity contribution in [1.82, 2.24) is 30.2 Å². The number of ether oxygens (including phenoxy) is 3. The van der Waals surface area contributed by atoms with E-state index in [0.29, 0.717) is 49.6 Å². The van der Waals surface area contributed by atoms with Crippen LogP contribution < -0.4 is 10.7 Å². The zero-order chi connectivity index (χ0) is 45.3. The number of amides is 3. The van der Waals surface area contributed by atoms with Crippen LogP contribution in [0.4, 0.5) is 0 Å². The van der Waals surface area contributed by atoms with Gasteiger partial charge in [-0.15, -0.1) is 11.3 Å². The second kappa shape index (κ2) is 18.9. The summed E-state index contributed by atoms with van der Waals surface area (Å²) in [6.07, 6.45) is 3.76. The average molecular weight is 881 g/mol. The van der Waals surface area contributed by atoms with E-state index in [4.69, 9.17) is 24.2 Å². The number of aryl methyl sites for hydroxylation is 1. The van der Waals surface area contributed by atoms with Crippen molar-refractivity contribution in [2.24, 2.45) is 34.1 Å². The van der Waals surface area contributed by atoms with Crippen molar-refractivity contribution in [3.63, 3.8) is 0 Å². The number of allylic oxidation sites excluding steroid dienone is 2. The number of thiazole rings is 1. The minimum absolute atomic E-state index is 0.103. The minimum Gasteiger partial charge on any atom is -0.464 e. The van der Waals surface area contributed by atoms with Crippen LogP contribution in [0.2, 0.25) is 0 Å². The van der Waals surface area contributed by atoms with E-state index in [9.17, 15) is 24.4 Å². The molecule has 1 aliphatic carbocycles. The fraction of sp³-hybridized carbons (Fsp3) is 0.553. The molecule has 2 aromatic heterocycles. The molecule has 5 heterocycles. The van der Waals surface area contributed by atoms with Crippen molar-refractivity contribution in [3.8, 4) is 17.3 Å². The lowest BCUT2D eigenvalue weighted by molar-refractivity contribution is -0.156. The highest BCUT2D eigenvalue weighted by molar-refractivity contribution is 7.10. The Balaban J connectivity index is 1.34. The number of aliphatic imine (C=N–C) groups is 1. The Bertz CT molecular complexity index is 2370. The van der Waals surface area contributed by atoms with Gasteiger partial charge in [-0.2, -0.15) is 5.26 Å². The van der Waals surface area contributed by atoms with Crippen molar-refractivity contribution < 1.29 is 33.4 Å². The zero-order valence-electron chi connectivity index (χ0n) is 37.6. The van der Waals surface area contributed by atoms with Crippen molar-refractivity contribution in [2.45, 2.75) is 98.6 Å². The van der Waals surface area contributed by atoms with E-state index in [1.54, 1.807) is 18.2 Å². The molecule has 3 aliphatic heterocycles. The lowest BCUT2D eigenvalue weighted by Crippen LogP contribution is -2.61. The molecule has 336 valence electrons. The number of cyclic esters (lactones) is 1. The maximum Gasteiger partial charge on any atom is 0.324 e. The van der Waals surface area contributed by atoms with E-state index in [1.807, 2.05) is 45.2 Å². The predicted molar refractivity (Wildman–Crippen MR) is 241 cm³/mol. The van der Waals surface area contributed by atoms with Crippen LogP contribution in [-0.2, 0) is 46.4 Å². The van der Waals surface area contributed by atoms with Gasteiger partial charge in [-0.05, 0) is 70.6 Å². The maximum absolute atomic E-state index is 14.8. The second-order valence-electron chi connectivity index (χ2n) is 17.7. The molecule has 1 aromatic carbocycles. The number of nitriles is 1. The summed E-state index contributed by atoms with van der Waals surface area (Å²) in [5.74, 6) is -3.24. The van der Waals surface area contributed by atoms with Crippen LogP contribution in [0.15, 0.2) is 46.9 Å². The quantitative estimate of drug-likeness (QED) is 0.135. The third-order valence-electron chi connectivity index (χ3n) is 12.8. The van der Waals surface area contributed by atoms with Crippen LogP contribution in [0.1, 0.15) is 83.7 Å². The van der Waals surface area contributed by atoms with Crippen LogP contribution in [0.25, 0.3) is 27.7 Å². The van der Waals surface area contributed by atoms with E-state index in [-0.39, 0.29) is 43.6 Å². The number of esters is 1. The number of likely N-dealkylation sites (tertiary alicyclic amines) is 1. The molecular weight excluding hydrogens is 821 g/mol. The first-order valence-electron chi connectivity index (χ1n) is 22.0. The van der Waals surface area contributed by atoms with E-state index in [2.05, 4.69) is 60.9 Å². The largest absolute Gasteiger partial charge is 0.464 e. The average Bonchev–Trinajstić information content (AvgIpc) is 3.55. The molecule has 2 saturated heterocycles. The van der Waals surface area contributed by atoms with Gasteiger partial charge in [-0.25, -0.2) is 10.4 Å². The number of fused-ring (bicyclic) bond motifs is 6. The van der Waals surface area contributed by atoms with Gasteiger partial charge in [0.05, 0.1) is 53.6 Å². The lowest BCUT2D eigenvalue weighted by Gasteiger charge is -2.37.